The second kappa shape index (κ2) is 6.61. The van der Waals surface area contributed by atoms with Gasteiger partial charge < -0.3 is 0 Å². The molecule has 1 atom stereocenters. The molecule has 1 heterocycles. The van der Waals surface area contributed by atoms with E-state index in [2.05, 4.69) is 23.1 Å². The summed E-state index contributed by atoms with van der Waals surface area (Å²) in [6.45, 7) is 2.78. The summed E-state index contributed by atoms with van der Waals surface area (Å²) in [5, 5.41) is 12.0. The third-order valence-corrected chi connectivity index (χ3v) is 2.27. The highest BCUT2D eigenvalue weighted by molar-refractivity contribution is 5.25. The second-order valence-corrected chi connectivity index (χ2v) is 3.55. The highest BCUT2D eigenvalue weighted by Crippen LogP contribution is 2.02. The van der Waals surface area contributed by atoms with Crippen LogP contribution in [0.2, 0.25) is 0 Å². The van der Waals surface area contributed by atoms with Gasteiger partial charge in [0, 0.05) is 12.7 Å². The average Bonchev–Trinajstić information content (AvgIpc) is 2.34. The maximum absolute atomic E-state index is 8.70. The summed E-state index contributed by atoms with van der Waals surface area (Å²) < 4.78 is 0. The molecule has 3 heteroatoms. The van der Waals surface area contributed by atoms with Gasteiger partial charge in [-0.2, -0.15) is 5.26 Å². The lowest BCUT2D eigenvalue weighted by Gasteiger charge is -2.11. The van der Waals surface area contributed by atoms with Gasteiger partial charge in [-0.3, -0.25) is 5.32 Å². The number of nitrogens with zero attached hydrogens (tertiary/aromatic N) is 2. The molecule has 16 heavy (non-hydrogen) atoms. The molecule has 0 saturated heterocycles. The van der Waals surface area contributed by atoms with E-state index in [1.807, 2.05) is 12.1 Å². The van der Waals surface area contributed by atoms with Crippen molar-refractivity contribution in [1.82, 2.24) is 10.3 Å². The summed E-state index contributed by atoms with van der Waals surface area (Å²) in [7, 11) is 0. The van der Waals surface area contributed by atoms with Crippen molar-refractivity contribution in [3.8, 4) is 18.4 Å². The summed E-state index contributed by atoms with van der Waals surface area (Å²) in [4.78, 5) is 3.91. The first-order chi connectivity index (χ1) is 7.80. The Balaban J connectivity index is 2.54. The smallest absolute Gasteiger partial charge is 0.140 e. The van der Waals surface area contributed by atoms with Crippen molar-refractivity contribution in [3.05, 3.63) is 29.6 Å². The van der Waals surface area contributed by atoms with E-state index in [9.17, 15) is 0 Å². The summed E-state index contributed by atoms with van der Waals surface area (Å²) in [6.07, 6.45) is 9.06. The van der Waals surface area contributed by atoms with Crippen LogP contribution in [0.5, 0.6) is 0 Å². The van der Waals surface area contributed by atoms with Gasteiger partial charge in [-0.05, 0) is 24.1 Å². The van der Waals surface area contributed by atoms with Gasteiger partial charge in [-0.25, -0.2) is 4.98 Å². The fourth-order valence-corrected chi connectivity index (χ4v) is 1.42. The molecule has 1 aromatic rings. The first-order valence-electron chi connectivity index (χ1n) is 5.34. The lowest BCUT2D eigenvalue weighted by atomic mass is 10.1. The molecule has 1 aromatic heterocycles. The van der Waals surface area contributed by atoms with E-state index in [1.54, 1.807) is 12.3 Å². The molecule has 0 radical (unpaired) electrons. The van der Waals surface area contributed by atoms with Crippen molar-refractivity contribution in [2.45, 2.75) is 32.4 Å². The van der Waals surface area contributed by atoms with Gasteiger partial charge in [-0.15, -0.1) is 6.42 Å². The van der Waals surface area contributed by atoms with E-state index < -0.39 is 0 Å². The van der Waals surface area contributed by atoms with E-state index >= 15 is 0 Å². The van der Waals surface area contributed by atoms with E-state index in [0.29, 0.717) is 12.2 Å². The lowest BCUT2D eigenvalue weighted by molar-refractivity contribution is 0.562. The SMILES string of the molecule is C#CC(CCC)NCc1ccnc(C#N)c1. The van der Waals surface area contributed by atoms with Crippen LogP contribution in [-0.2, 0) is 6.54 Å². The summed E-state index contributed by atoms with van der Waals surface area (Å²) in [5.74, 6) is 2.71. The number of hydrogen-bond donors (Lipinski definition) is 1. The predicted octanol–water partition coefficient (Wildman–Crippen LogP) is 1.84. The number of hydrogen-bond acceptors (Lipinski definition) is 3. The fraction of sp³-hybridized carbons (Fsp3) is 0.385. The van der Waals surface area contributed by atoms with Crippen LogP contribution in [0.3, 0.4) is 0 Å². The molecule has 1 rings (SSSR count). The minimum Gasteiger partial charge on any atom is -0.300 e. The number of nitrogens with one attached hydrogen (secondary N) is 1. The summed E-state index contributed by atoms with van der Waals surface area (Å²) in [5.41, 5.74) is 1.47. The zero-order valence-corrected chi connectivity index (χ0v) is 9.40. The van der Waals surface area contributed by atoms with Crippen molar-refractivity contribution in [1.29, 1.82) is 5.26 Å². The van der Waals surface area contributed by atoms with Crippen LogP contribution >= 0.6 is 0 Å². The van der Waals surface area contributed by atoms with Gasteiger partial charge in [0.05, 0.1) is 6.04 Å². The van der Waals surface area contributed by atoms with Crippen LogP contribution in [-0.4, -0.2) is 11.0 Å². The number of aromatic nitrogens is 1. The Morgan fingerprint density at radius 1 is 1.62 bits per heavy atom. The largest absolute Gasteiger partial charge is 0.300 e. The molecule has 0 aliphatic rings. The monoisotopic (exact) mass is 213 g/mol. The van der Waals surface area contributed by atoms with Crippen LogP contribution in [0.25, 0.3) is 0 Å². The Bertz CT molecular complexity index is 412. The van der Waals surface area contributed by atoms with Crippen LogP contribution in [0, 0.1) is 23.7 Å². The average molecular weight is 213 g/mol. The quantitative estimate of drug-likeness (QED) is 0.759. The topological polar surface area (TPSA) is 48.7 Å². The third kappa shape index (κ3) is 3.73. The Kier molecular flexibility index (Phi) is 5.05. The highest BCUT2D eigenvalue weighted by atomic mass is 14.9. The minimum absolute atomic E-state index is 0.101. The molecule has 0 bridgehead atoms. The van der Waals surface area contributed by atoms with Crippen LogP contribution in [0.15, 0.2) is 18.3 Å². The Morgan fingerprint density at radius 3 is 3.06 bits per heavy atom. The van der Waals surface area contributed by atoms with Crippen molar-refractivity contribution in [3.63, 3.8) is 0 Å². The number of terminal acetylenes is 1. The lowest BCUT2D eigenvalue weighted by Crippen LogP contribution is -2.26. The van der Waals surface area contributed by atoms with E-state index in [4.69, 9.17) is 11.7 Å². The Labute approximate surface area is 96.5 Å². The normalized spacial score (nSPS) is 11.4. The molecule has 1 N–H and O–H groups in total. The molecule has 0 aliphatic carbocycles. The number of nitriles is 1. The maximum atomic E-state index is 8.70. The van der Waals surface area contributed by atoms with Crippen LogP contribution in [0.1, 0.15) is 31.0 Å². The molecule has 0 aromatic carbocycles. The molecular formula is C13H15N3. The molecule has 1 unspecified atom stereocenters. The molecular weight excluding hydrogens is 198 g/mol. The summed E-state index contributed by atoms with van der Waals surface area (Å²) in [6, 6.07) is 5.77. The number of pyridine rings is 1. The maximum Gasteiger partial charge on any atom is 0.140 e. The Morgan fingerprint density at radius 2 is 2.44 bits per heavy atom. The van der Waals surface area contributed by atoms with Crippen molar-refractivity contribution < 1.29 is 0 Å². The first kappa shape index (κ1) is 12.2. The highest BCUT2D eigenvalue weighted by Gasteiger charge is 2.03. The molecule has 0 amide bonds. The molecule has 0 fully saturated rings. The molecule has 82 valence electrons. The molecule has 0 spiro atoms. The van der Waals surface area contributed by atoms with E-state index in [-0.39, 0.29) is 6.04 Å². The predicted molar refractivity (Wildman–Crippen MR) is 63.3 cm³/mol. The third-order valence-electron chi connectivity index (χ3n) is 2.27. The second-order valence-electron chi connectivity index (χ2n) is 3.55. The van der Waals surface area contributed by atoms with Crippen LogP contribution in [0.4, 0.5) is 0 Å². The molecule has 0 aliphatic heterocycles. The fourth-order valence-electron chi connectivity index (χ4n) is 1.42. The first-order valence-corrected chi connectivity index (χ1v) is 5.34. The van der Waals surface area contributed by atoms with Gasteiger partial charge in [0.15, 0.2) is 0 Å². The van der Waals surface area contributed by atoms with Gasteiger partial charge in [0.1, 0.15) is 11.8 Å². The van der Waals surface area contributed by atoms with Crippen molar-refractivity contribution in [2.75, 3.05) is 0 Å². The zero-order valence-electron chi connectivity index (χ0n) is 9.40. The van der Waals surface area contributed by atoms with E-state index in [1.165, 1.54) is 0 Å². The standard InChI is InChI=1S/C13H15N3/c1-3-5-12(4-2)16-10-11-6-7-15-13(8-11)9-14/h2,6-8,12,16H,3,5,10H2,1H3. The zero-order chi connectivity index (χ0) is 11.8. The van der Waals surface area contributed by atoms with Gasteiger partial charge in [-0.1, -0.05) is 19.3 Å². The van der Waals surface area contributed by atoms with Crippen molar-refractivity contribution in [2.24, 2.45) is 0 Å². The molecule has 0 saturated carbocycles. The van der Waals surface area contributed by atoms with Crippen molar-refractivity contribution >= 4 is 0 Å². The Hall–Kier alpha value is -1.84. The summed E-state index contributed by atoms with van der Waals surface area (Å²) >= 11 is 0. The molecule has 3 nitrogen and oxygen atoms in total. The van der Waals surface area contributed by atoms with Crippen LogP contribution < -0.4 is 5.32 Å². The van der Waals surface area contributed by atoms with E-state index in [0.717, 1.165) is 18.4 Å². The number of rotatable bonds is 5. The minimum atomic E-state index is 0.101. The van der Waals surface area contributed by atoms with Gasteiger partial charge >= 0.3 is 0 Å². The van der Waals surface area contributed by atoms with Gasteiger partial charge in [0.2, 0.25) is 0 Å². The van der Waals surface area contributed by atoms with Gasteiger partial charge in [0.25, 0.3) is 0 Å².